The second-order valence-electron chi connectivity index (χ2n) is 8.65. The Morgan fingerprint density at radius 1 is 0.973 bits per heavy atom. The van der Waals surface area contributed by atoms with Crippen molar-refractivity contribution in [1.82, 2.24) is 0 Å². The summed E-state index contributed by atoms with van der Waals surface area (Å²) in [6.45, 7) is 0. The zero-order valence-electron chi connectivity index (χ0n) is 19.3. The van der Waals surface area contributed by atoms with Crippen molar-refractivity contribution in [3.8, 4) is 34.3 Å². The maximum absolute atomic E-state index is 13.6. The summed E-state index contributed by atoms with van der Waals surface area (Å²) in [5.41, 5.74) is 0.316. The van der Waals surface area contributed by atoms with Gasteiger partial charge in [-0.05, 0) is 42.5 Å². The molecule has 0 radical (unpaired) electrons. The minimum Gasteiger partial charge on any atom is -0.508 e. The summed E-state index contributed by atoms with van der Waals surface area (Å²) < 4.78 is 22.5. The summed E-state index contributed by atoms with van der Waals surface area (Å²) in [6.07, 6.45) is 1.06. The highest BCUT2D eigenvalue weighted by molar-refractivity contribution is 5.93. The average molecular weight is 498 g/mol. The van der Waals surface area contributed by atoms with E-state index in [0.717, 1.165) is 0 Å². The standard InChI is InChI=1S/C28H18O9/c1-34-15-6-7-21-17(8-15)27(33)18(12-35-21)16-9-24(32)36-23-11-20(31)26-19(30)10-22(37-28(26)25(16)23)13-2-4-14(29)5-3-13/h2-8,10-12,16,29,31H,9H2,1H3/t16-/m0/s1. The molecule has 184 valence electrons. The highest BCUT2D eigenvalue weighted by Crippen LogP contribution is 2.45. The number of benzene rings is 3. The Morgan fingerprint density at radius 3 is 2.51 bits per heavy atom. The molecule has 6 rings (SSSR count). The van der Waals surface area contributed by atoms with Crippen molar-refractivity contribution < 1.29 is 33.3 Å². The maximum Gasteiger partial charge on any atom is 0.312 e. The molecule has 1 aliphatic rings. The number of carbonyl (C=O) groups excluding carboxylic acids is 1. The van der Waals surface area contributed by atoms with Crippen LogP contribution in [0.15, 0.2) is 79.3 Å². The number of rotatable bonds is 3. The fourth-order valence-corrected chi connectivity index (χ4v) is 4.69. The Kier molecular flexibility index (Phi) is 5.01. The molecule has 0 saturated heterocycles. The molecule has 37 heavy (non-hydrogen) atoms. The van der Waals surface area contributed by atoms with E-state index in [9.17, 15) is 24.6 Å². The number of aromatic hydroxyl groups is 2. The SMILES string of the molecule is COc1ccc2occ([C@@H]3CC(=O)Oc4cc(O)c5c(=O)cc(-c6ccc(O)cc6)oc5c43)c(=O)c2c1. The van der Waals surface area contributed by atoms with Gasteiger partial charge in [0.15, 0.2) is 10.9 Å². The summed E-state index contributed by atoms with van der Waals surface area (Å²) in [4.78, 5) is 39.2. The van der Waals surface area contributed by atoms with E-state index in [1.807, 2.05) is 0 Å². The van der Waals surface area contributed by atoms with Crippen LogP contribution in [0.5, 0.6) is 23.0 Å². The second-order valence-corrected chi connectivity index (χ2v) is 8.65. The van der Waals surface area contributed by atoms with Crippen molar-refractivity contribution in [1.29, 1.82) is 0 Å². The summed E-state index contributed by atoms with van der Waals surface area (Å²) >= 11 is 0. The van der Waals surface area contributed by atoms with Gasteiger partial charge in [-0.25, -0.2) is 0 Å². The lowest BCUT2D eigenvalue weighted by Crippen LogP contribution is -2.25. The van der Waals surface area contributed by atoms with E-state index in [-0.39, 0.29) is 56.6 Å². The van der Waals surface area contributed by atoms with Gasteiger partial charge in [0.25, 0.3) is 0 Å². The lowest BCUT2D eigenvalue weighted by atomic mass is 9.85. The summed E-state index contributed by atoms with van der Waals surface area (Å²) in [6, 6.07) is 13.2. The van der Waals surface area contributed by atoms with Crippen LogP contribution in [0.25, 0.3) is 33.3 Å². The number of hydrogen-bond donors (Lipinski definition) is 2. The molecule has 2 aromatic heterocycles. The van der Waals surface area contributed by atoms with Crippen LogP contribution < -0.4 is 20.3 Å². The average Bonchev–Trinajstić information content (AvgIpc) is 2.88. The molecular formula is C28H18O9. The highest BCUT2D eigenvalue weighted by atomic mass is 16.5. The van der Waals surface area contributed by atoms with E-state index >= 15 is 0 Å². The molecule has 2 N–H and O–H groups in total. The molecule has 1 aliphatic heterocycles. The number of phenols is 2. The third-order valence-electron chi connectivity index (χ3n) is 6.46. The van der Waals surface area contributed by atoms with Crippen LogP contribution in [0, 0.1) is 0 Å². The first-order valence-electron chi connectivity index (χ1n) is 11.3. The number of fused-ring (bicyclic) bond motifs is 4. The molecule has 3 heterocycles. The predicted molar refractivity (Wildman–Crippen MR) is 132 cm³/mol. The Morgan fingerprint density at radius 2 is 1.76 bits per heavy atom. The van der Waals surface area contributed by atoms with Gasteiger partial charge in [0.1, 0.15) is 45.3 Å². The van der Waals surface area contributed by atoms with E-state index in [0.29, 0.717) is 16.9 Å². The highest BCUT2D eigenvalue weighted by Gasteiger charge is 2.35. The molecule has 0 fully saturated rings. The third-order valence-corrected chi connectivity index (χ3v) is 6.46. The van der Waals surface area contributed by atoms with Crippen molar-refractivity contribution in [2.45, 2.75) is 12.3 Å². The minimum atomic E-state index is -0.885. The summed E-state index contributed by atoms with van der Waals surface area (Å²) in [5.74, 6) is -1.31. The quantitative estimate of drug-likeness (QED) is 0.273. The van der Waals surface area contributed by atoms with Crippen LogP contribution in [0.3, 0.4) is 0 Å². The maximum atomic E-state index is 13.6. The van der Waals surface area contributed by atoms with Crippen LogP contribution in [0.2, 0.25) is 0 Å². The third kappa shape index (κ3) is 3.59. The second kappa shape index (κ2) is 8.27. The van der Waals surface area contributed by atoms with Crippen LogP contribution in [0.4, 0.5) is 0 Å². The van der Waals surface area contributed by atoms with Crippen molar-refractivity contribution >= 4 is 27.9 Å². The number of esters is 1. The van der Waals surface area contributed by atoms with Gasteiger partial charge >= 0.3 is 5.97 Å². The lowest BCUT2D eigenvalue weighted by molar-refractivity contribution is -0.135. The lowest BCUT2D eigenvalue weighted by Gasteiger charge is -2.25. The van der Waals surface area contributed by atoms with Gasteiger partial charge in [-0.1, -0.05) is 0 Å². The van der Waals surface area contributed by atoms with Crippen molar-refractivity contribution in [2.24, 2.45) is 0 Å². The monoisotopic (exact) mass is 498 g/mol. The first-order chi connectivity index (χ1) is 17.8. The van der Waals surface area contributed by atoms with E-state index in [4.69, 9.17) is 18.3 Å². The van der Waals surface area contributed by atoms with E-state index in [2.05, 4.69) is 0 Å². The van der Waals surface area contributed by atoms with Gasteiger partial charge < -0.3 is 28.5 Å². The Bertz CT molecular complexity index is 1850. The molecule has 5 aromatic rings. The minimum absolute atomic E-state index is 0.0202. The van der Waals surface area contributed by atoms with Gasteiger partial charge in [-0.2, -0.15) is 0 Å². The van der Waals surface area contributed by atoms with E-state index in [1.54, 1.807) is 30.3 Å². The predicted octanol–water partition coefficient (Wildman–Crippen LogP) is 4.43. The molecular weight excluding hydrogens is 480 g/mol. The van der Waals surface area contributed by atoms with Gasteiger partial charge in [0.2, 0.25) is 0 Å². The van der Waals surface area contributed by atoms with Crippen molar-refractivity contribution in [3.63, 3.8) is 0 Å². The van der Waals surface area contributed by atoms with Gasteiger partial charge in [0, 0.05) is 34.7 Å². The van der Waals surface area contributed by atoms with Gasteiger partial charge in [0.05, 0.1) is 25.2 Å². The van der Waals surface area contributed by atoms with Crippen molar-refractivity contribution in [2.75, 3.05) is 7.11 Å². The topological polar surface area (TPSA) is 136 Å². The van der Waals surface area contributed by atoms with E-state index in [1.165, 1.54) is 37.6 Å². The van der Waals surface area contributed by atoms with Crippen LogP contribution >= 0.6 is 0 Å². The molecule has 3 aromatic carbocycles. The molecule has 0 aliphatic carbocycles. The molecule has 9 nitrogen and oxygen atoms in total. The fourth-order valence-electron chi connectivity index (χ4n) is 4.69. The Hall–Kier alpha value is -5.05. The first-order valence-corrected chi connectivity index (χ1v) is 11.3. The molecule has 0 saturated carbocycles. The Balaban J connectivity index is 1.65. The molecule has 0 bridgehead atoms. The van der Waals surface area contributed by atoms with Crippen molar-refractivity contribution in [3.05, 3.63) is 92.4 Å². The molecule has 0 unspecified atom stereocenters. The largest absolute Gasteiger partial charge is 0.508 e. The zero-order chi connectivity index (χ0) is 25.8. The van der Waals surface area contributed by atoms with E-state index < -0.39 is 23.1 Å². The van der Waals surface area contributed by atoms with Crippen LogP contribution in [-0.2, 0) is 4.79 Å². The number of hydrogen-bond acceptors (Lipinski definition) is 9. The summed E-state index contributed by atoms with van der Waals surface area (Å²) in [7, 11) is 1.48. The zero-order valence-corrected chi connectivity index (χ0v) is 19.3. The smallest absolute Gasteiger partial charge is 0.312 e. The molecule has 1 atom stereocenters. The number of phenolic OH excluding ortho intramolecular Hbond substituents is 2. The number of ether oxygens (including phenoxy) is 2. The summed E-state index contributed by atoms with van der Waals surface area (Å²) in [5, 5.41) is 20.4. The Labute approximate surface area is 207 Å². The molecule has 9 heteroatoms. The van der Waals surface area contributed by atoms with Crippen LogP contribution in [0.1, 0.15) is 23.5 Å². The van der Waals surface area contributed by atoms with Crippen LogP contribution in [-0.4, -0.2) is 23.3 Å². The normalized spacial score (nSPS) is 14.9. The first kappa shape index (κ1) is 22.4. The van der Waals surface area contributed by atoms with Gasteiger partial charge in [-0.3, -0.25) is 14.4 Å². The van der Waals surface area contributed by atoms with Gasteiger partial charge in [-0.15, -0.1) is 0 Å². The molecule has 0 spiro atoms. The molecule has 0 amide bonds. The number of carbonyl (C=O) groups is 1. The number of methoxy groups -OCH3 is 1. The fraction of sp³-hybridized carbons (Fsp3) is 0.107.